The summed E-state index contributed by atoms with van der Waals surface area (Å²) in [6.07, 6.45) is 0. The van der Waals surface area contributed by atoms with Gasteiger partial charge in [0.25, 0.3) is 5.91 Å². The van der Waals surface area contributed by atoms with E-state index in [1.165, 1.54) is 12.1 Å². The highest BCUT2D eigenvalue weighted by molar-refractivity contribution is 5.97. The van der Waals surface area contributed by atoms with E-state index in [2.05, 4.69) is 20.6 Å². The molecule has 1 heterocycles. The van der Waals surface area contributed by atoms with Crippen LogP contribution in [0, 0.1) is 5.82 Å². The van der Waals surface area contributed by atoms with Crippen molar-refractivity contribution in [3.8, 4) is 0 Å². The molecule has 1 amide bonds. The number of nitrogens with one attached hydrogen (secondary N) is 2. The molecule has 0 fully saturated rings. The maximum Gasteiger partial charge on any atom is 0.289 e. The second-order valence-corrected chi connectivity index (χ2v) is 5.67. The van der Waals surface area contributed by atoms with Crippen molar-refractivity contribution in [2.24, 2.45) is 0 Å². The molecule has 2 aromatic carbocycles. The number of anilines is 2. The average molecular weight is 324 g/mol. The van der Waals surface area contributed by atoms with Crippen molar-refractivity contribution in [3.05, 3.63) is 60.2 Å². The molecule has 5 nitrogen and oxygen atoms in total. The van der Waals surface area contributed by atoms with Gasteiger partial charge in [0.2, 0.25) is 5.82 Å². The highest BCUT2D eigenvalue weighted by atomic mass is 19.1. The zero-order valence-corrected chi connectivity index (χ0v) is 13.4. The molecule has 0 aliphatic heterocycles. The van der Waals surface area contributed by atoms with Gasteiger partial charge >= 0.3 is 0 Å². The van der Waals surface area contributed by atoms with Gasteiger partial charge in [-0.1, -0.05) is 12.1 Å². The quantitative estimate of drug-likeness (QED) is 0.769. The summed E-state index contributed by atoms with van der Waals surface area (Å²) in [5.41, 5.74) is 1.33. The van der Waals surface area contributed by atoms with Crippen molar-refractivity contribution < 1.29 is 9.18 Å². The largest absolute Gasteiger partial charge is 0.347 e. The molecule has 122 valence electrons. The molecule has 0 saturated carbocycles. The van der Waals surface area contributed by atoms with Crippen LogP contribution in [0.15, 0.2) is 48.5 Å². The first-order valence-electron chi connectivity index (χ1n) is 7.63. The lowest BCUT2D eigenvalue weighted by Crippen LogP contribution is -2.31. The van der Waals surface area contributed by atoms with Gasteiger partial charge in [0.15, 0.2) is 0 Å². The van der Waals surface area contributed by atoms with E-state index in [0.717, 1.165) is 5.39 Å². The number of hydrogen-bond acceptors (Lipinski definition) is 4. The number of carbonyl (C=O) groups is 1. The fraction of sp³-hybridized carbons (Fsp3) is 0.167. The maximum absolute atomic E-state index is 13.1. The van der Waals surface area contributed by atoms with Crippen LogP contribution < -0.4 is 10.6 Å². The number of benzene rings is 2. The lowest BCUT2D eigenvalue weighted by atomic mass is 10.2. The van der Waals surface area contributed by atoms with Gasteiger partial charge in [-0.15, -0.1) is 0 Å². The van der Waals surface area contributed by atoms with E-state index in [1.807, 2.05) is 38.1 Å². The summed E-state index contributed by atoms with van der Waals surface area (Å²) in [4.78, 5) is 20.9. The minimum Gasteiger partial charge on any atom is -0.347 e. The summed E-state index contributed by atoms with van der Waals surface area (Å²) in [5.74, 6) is -0.0591. The Hall–Kier alpha value is -3.02. The first kappa shape index (κ1) is 15.9. The Kier molecular flexibility index (Phi) is 4.37. The Morgan fingerprint density at radius 1 is 1.04 bits per heavy atom. The molecule has 3 rings (SSSR count). The maximum atomic E-state index is 13.1. The fourth-order valence-corrected chi connectivity index (χ4v) is 2.27. The monoisotopic (exact) mass is 324 g/mol. The van der Waals surface area contributed by atoms with Gasteiger partial charge in [0.05, 0.1) is 5.52 Å². The standard InChI is InChI=1S/C18H17FN4O/c1-11(2)20-18(24)17-22-15-6-4-3-5-14(15)16(23-17)21-13-9-7-12(19)8-10-13/h3-11H,1-2H3,(H,20,24)(H,21,22,23). The van der Waals surface area contributed by atoms with Crippen LogP contribution in [0.5, 0.6) is 0 Å². The number of aromatic nitrogens is 2. The molecule has 6 heteroatoms. The van der Waals surface area contributed by atoms with Gasteiger partial charge in [0, 0.05) is 17.1 Å². The number of carbonyl (C=O) groups excluding carboxylic acids is 1. The summed E-state index contributed by atoms with van der Waals surface area (Å²) in [6, 6.07) is 13.3. The molecular formula is C18H17FN4O. The van der Waals surface area contributed by atoms with Crippen LogP contribution >= 0.6 is 0 Å². The van der Waals surface area contributed by atoms with Gasteiger partial charge < -0.3 is 10.6 Å². The smallest absolute Gasteiger partial charge is 0.289 e. The topological polar surface area (TPSA) is 66.9 Å². The third-order valence-corrected chi connectivity index (χ3v) is 3.33. The van der Waals surface area contributed by atoms with E-state index in [9.17, 15) is 9.18 Å². The Labute approximate surface area is 138 Å². The molecule has 1 aromatic heterocycles. The zero-order chi connectivity index (χ0) is 17.1. The van der Waals surface area contributed by atoms with E-state index in [-0.39, 0.29) is 23.6 Å². The Balaban J connectivity index is 2.04. The molecular weight excluding hydrogens is 307 g/mol. The lowest BCUT2D eigenvalue weighted by Gasteiger charge is -2.12. The van der Waals surface area contributed by atoms with Crippen LogP contribution in [0.25, 0.3) is 10.9 Å². The van der Waals surface area contributed by atoms with Gasteiger partial charge in [-0.3, -0.25) is 4.79 Å². The Bertz CT molecular complexity index is 878. The summed E-state index contributed by atoms with van der Waals surface area (Å²) < 4.78 is 13.1. The third kappa shape index (κ3) is 3.48. The minimum atomic E-state index is -0.335. The number of para-hydroxylation sites is 1. The van der Waals surface area contributed by atoms with Crippen molar-refractivity contribution in [1.82, 2.24) is 15.3 Å². The van der Waals surface area contributed by atoms with Crippen molar-refractivity contribution in [2.45, 2.75) is 19.9 Å². The highest BCUT2D eigenvalue weighted by Gasteiger charge is 2.14. The minimum absolute atomic E-state index is 0.0129. The summed E-state index contributed by atoms with van der Waals surface area (Å²) in [7, 11) is 0. The van der Waals surface area contributed by atoms with Crippen LogP contribution in [-0.2, 0) is 0 Å². The van der Waals surface area contributed by atoms with E-state index in [0.29, 0.717) is 17.0 Å². The predicted molar refractivity (Wildman–Crippen MR) is 91.8 cm³/mol. The lowest BCUT2D eigenvalue weighted by molar-refractivity contribution is 0.0933. The Morgan fingerprint density at radius 3 is 2.46 bits per heavy atom. The third-order valence-electron chi connectivity index (χ3n) is 3.33. The number of nitrogens with zero attached hydrogens (tertiary/aromatic N) is 2. The van der Waals surface area contributed by atoms with E-state index in [4.69, 9.17) is 0 Å². The summed E-state index contributed by atoms with van der Waals surface area (Å²) in [5, 5.41) is 6.69. The van der Waals surface area contributed by atoms with Crippen molar-refractivity contribution in [1.29, 1.82) is 0 Å². The van der Waals surface area contributed by atoms with E-state index >= 15 is 0 Å². The molecule has 2 N–H and O–H groups in total. The Morgan fingerprint density at radius 2 is 1.75 bits per heavy atom. The summed E-state index contributed by atoms with van der Waals surface area (Å²) >= 11 is 0. The van der Waals surface area contributed by atoms with Crippen LogP contribution in [0.4, 0.5) is 15.9 Å². The number of amides is 1. The molecule has 0 saturated heterocycles. The van der Waals surface area contributed by atoms with Gasteiger partial charge in [0.1, 0.15) is 11.6 Å². The second-order valence-electron chi connectivity index (χ2n) is 5.67. The van der Waals surface area contributed by atoms with Gasteiger partial charge in [-0.25, -0.2) is 14.4 Å². The fourth-order valence-electron chi connectivity index (χ4n) is 2.27. The number of hydrogen-bond donors (Lipinski definition) is 2. The molecule has 0 bridgehead atoms. The molecule has 3 aromatic rings. The van der Waals surface area contributed by atoms with Crippen molar-refractivity contribution >= 4 is 28.3 Å². The average Bonchev–Trinajstić information content (AvgIpc) is 2.56. The number of halogens is 1. The van der Waals surface area contributed by atoms with Crippen molar-refractivity contribution in [2.75, 3.05) is 5.32 Å². The molecule has 0 aliphatic rings. The molecule has 0 radical (unpaired) electrons. The predicted octanol–water partition coefficient (Wildman–Crippen LogP) is 3.65. The molecule has 0 atom stereocenters. The van der Waals surface area contributed by atoms with Gasteiger partial charge in [-0.05, 0) is 50.2 Å². The molecule has 0 spiro atoms. The van der Waals surface area contributed by atoms with Crippen LogP contribution in [-0.4, -0.2) is 21.9 Å². The van der Waals surface area contributed by atoms with Gasteiger partial charge in [-0.2, -0.15) is 0 Å². The highest BCUT2D eigenvalue weighted by Crippen LogP contribution is 2.24. The molecule has 0 unspecified atom stereocenters. The zero-order valence-electron chi connectivity index (χ0n) is 13.4. The van der Waals surface area contributed by atoms with E-state index < -0.39 is 0 Å². The van der Waals surface area contributed by atoms with Crippen LogP contribution in [0.1, 0.15) is 24.5 Å². The number of fused-ring (bicyclic) bond motifs is 1. The SMILES string of the molecule is CC(C)NC(=O)c1nc(Nc2ccc(F)cc2)c2ccccc2n1. The molecule has 0 aliphatic carbocycles. The van der Waals surface area contributed by atoms with Crippen LogP contribution in [0.3, 0.4) is 0 Å². The van der Waals surface area contributed by atoms with Crippen LogP contribution in [0.2, 0.25) is 0 Å². The van der Waals surface area contributed by atoms with Crippen molar-refractivity contribution in [3.63, 3.8) is 0 Å². The normalized spacial score (nSPS) is 10.8. The first-order valence-corrected chi connectivity index (χ1v) is 7.63. The van der Waals surface area contributed by atoms with E-state index in [1.54, 1.807) is 12.1 Å². The summed E-state index contributed by atoms with van der Waals surface area (Å²) in [6.45, 7) is 3.74. The number of rotatable bonds is 4. The molecule has 24 heavy (non-hydrogen) atoms. The second kappa shape index (κ2) is 6.62. The first-order chi connectivity index (χ1) is 11.5.